The number of hydrogen-bond donors (Lipinski definition) is 9. The molecular weight excluding hydrogens is 817 g/mol. The van der Waals surface area contributed by atoms with Crippen LogP contribution < -0.4 is 45.9 Å². The van der Waals surface area contributed by atoms with E-state index >= 15 is 0 Å². The molecule has 0 bridgehead atoms. The zero-order valence-corrected chi connectivity index (χ0v) is 38.1. The molecule has 0 aromatic heterocycles. The predicted molar refractivity (Wildman–Crippen MR) is 241 cm³/mol. The standard InChI is InChI=1S/C44H86N8O11/c45-27-14-4-9-20-34(49)32(42(57)63-43(58)33(31-39(53)54)35(50)21-10-5-15-28-46)19-8-2-1-3-13-25-40(55)60-36(44(59)62-38(52)24-12-7-17-30-48)22-18-26-41(56)61-37(51)23-11-6-16-29-47/h32-38H,1-31,45-52H2,(H,53,54). The van der Waals surface area contributed by atoms with Crippen LogP contribution in [0.3, 0.4) is 0 Å². The number of rotatable bonds is 42. The summed E-state index contributed by atoms with van der Waals surface area (Å²) in [6.45, 7) is 2.18. The molecule has 0 aromatic rings. The third-order valence-electron chi connectivity index (χ3n) is 10.9. The second-order valence-corrected chi connectivity index (χ2v) is 16.6. The van der Waals surface area contributed by atoms with Crippen LogP contribution in [0.2, 0.25) is 0 Å². The van der Waals surface area contributed by atoms with Crippen molar-refractivity contribution in [1.29, 1.82) is 0 Å². The lowest BCUT2D eigenvalue weighted by atomic mass is 9.89. The van der Waals surface area contributed by atoms with Crippen LogP contribution in [0, 0.1) is 11.8 Å². The van der Waals surface area contributed by atoms with Crippen molar-refractivity contribution in [1.82, 2.24) is 0 Å². The molecule has 0 saturated carbocycles. The maximum absolute atomic E-state index is 13.4. The Morgan fingerprint density at radius 3 is 1.32 bits per heavy atom. The molecule has 0 saturated heterocycles. The Kier molecular flexibility index (Phi) is 37.0. The monoisotopic (exact) mass is 903 g/mol. The molecule has 0 rings (SSSR count). The fourth-order valence-corrected chi connectivity index (χ4v) is 7.10. The van der Waals surface area contributed by atoms with Crippen molar-refractivity contribution in [3.63, 3.8) is 0 Å². The lowest BCUT2D eigenvalue weighted by Crippen LogP contribution is -2.42. The van der Waals surface area contributed by atoms with Gasteiger partial charge in [0.1, 0.15) is 0 Å². The van der Waals surface area contributed by atoms with Gasteiger partial charge in [-0.15, -0.1) is 0 Å². The minimum Gasteiger partial charge on any atom is -0.481 e. The van der Waals surface area contributed by atoms with Crippen molar-refractivity contribution >= 4 is 35.8 Å². The van der Waals surface area contributed by atoms with Crippen molar-refractivity contribution in [3.05, 3.63) is 0 Å². The maximum atomic E-state index is 13.4. The first-order valence-electron chi connectivity index (χ1n) is 23.6. The van der Waals surface area contributed by atoms with Crippen LogP contribution in [0.4, 0.5) is 0 Å². The minimum atomic E-state index is -1.26. The number of hydrogen-bond acceptors (Lipinski definition) is 18. The summed E-state index contributed by atoms with van der Waals surface area (Å²) in [6, 6.07) is -1.40. The van der Waals surface area contributed by atoms with Crippen LogP contribution in [0.25, 0.3) is 0 Å². The molecule has 17 N–H and O–H groups in total. The predicted octanol–water partition coefficient (Wildman–Crippen LogP) is 2.96. The summed E-state index contributed by atoms with van der Waals surface area (Å²) in [6.07, 6.45) is 11.5. The van der Waals surface area contributed by atoms with Crippen molar-refractivity contribution < 1.29 is 52.8 Å². The average molecular weight is 903 g/mol. The number of esters is 5. The number of carbonyl (C=O) groups excluding carboxylic acids is 5. The first-order valence-corrected chi connectivity index (χ1v) is 23.6. The van der Waals surface area contributed by atoms with Crippen molar-refractivity contribution in [3.8, 4) is 0 Å². The normalized spacial score (nSPS) is 14.7. The van der Waals surface area contributed by atoms with Gasteiger partial charge in [0.05, 0.1) is 18.3 Å². The number of unbranched alkanes of at least 4 members (excludes halogenated alkanes) is 12. The van der Waals surface area contributed by atoms with Gasteiger partial charge in [0.2, 0.25) is 0 Å². The number of carbonyl (C=O) groups is 6. The summed E-state index contributed by atoms with van der Waals surface area (Å²) in [4.78, 5) is 76.6. The van der Waals surface area contributed by atoms with E-state index in [1.807, 2.05) is 0 Å². The average Bonchev–Trinajstić information content (AvgIpc) is 3.23. The molecule has 0 aliphatic heterocycles. The van der Waals surface area contributed by atoms with Gasteiger partial charge in [0, 0.05) is 24.9 Å². The third-order valence-corrected chi connectivity index (χ3v) is 10.9. The Bertz CT molecular complexity index is 1250. The van der Waals surface area contributed by atoms with Gasteiger partial charge in [0.15, 0.2) is 18.6 Å². The van der Waals surface area contributed by atoms with Gasteiger partial charge in [-0.05, 0) is 116 Å². The van der Waals surface area contributed by atoms with Crippen LogP contribution in [0.15, 0.2) is 0 Å². The third kappa shape index (κ3) is 32.1. The van der Waals surface area contributed by atoms with Gasteiger partial charge < -0.3 is 58.5 Å². The van der Waals surface area contributed by atoms with Gasteiger partial charge in [-0.1, -0.05) is 64.2 Å². The summed E-state index contributed by atoms with van der Waals surface area (Å²) in [5, 5.41) is 9.46. The Hall–Kier alpha value is -3.30. The van der Waals surface area contributed by atoms with Crippen LogP contribution in [0.5, 0.6) is 0 Å². The maximum Gasteiger partial charge on any atom is 0.349 e. The Morgan fingerprint density at radius 1 is 0.397 bits per heavy atom. The molecule has 0 heterocycles. The Balaban J connectivity index is 5.28. The van der Waals surface area contributed by atoms with Crippen molar-refractivity contribution in [2.45, 2.75) is 204 Å². The second kappa shape index (κ2) is 39.1. The number of ether oxygens (including phenoxy) is 4. The quantitative estimate of drug-likeness (QED) is 0.0140. The lowest BCUT2D eigenvalue weighted by Gasteiger charge is -2.25. The van der Waals surface area contributed by atoms with E-state index in [-0.39, 0.29) is 25.7 Å². The first-order chi connectivity index (χ1) is 30.2. The van der Waals surface area contributed by atoms with Crippen LogP contribution in [0.1, 0.15) is 173 Å². The molecule has 19 heteroatoms. The Morgan fingerprint density at radius 2 is 0.794 bits per heavy atom. The molecular formula is C44H86N8O11. The highest BCUT2D eigenvalue weighted by molar-refractivity contribution is 5.90. The van der Waals surface area contributed by atoms with E-state index in [2.05, 4.69) is 0 Å². The highest BCUT2D eigenvalue weighted by Gasteiger charge is 2.35. The lowest BCUT2D eigenvalue weighted by molar-refractivity contribution is -0.172. The molecule has 0 aliphatic carbocycles. The van der Waals surface area contributed by atoms with Crippen molar-refractivity contribution in [2.24, 2.45) is 57.7 Å². The topological polar surface area (TPSA) is 368 Å². The van der Waals surface area contributed by atoms with Crippen LogP contribution in [-0.4, -0.2) is 97.7 Å². The summed E-state index contributed by atoms with van der Waals surface area (Å²) in [5.41, 5.74) is 46.9. The van der Waals surface area contributed by atoms with E-state index in [4.69, 9.17) is 64.8 Å². The summed E-state index contributed by atoms with van der Waals surface area (Å²) < 4.78 is 21.5. The van der Waals surface area contributed by atoms with E-state index in [0.29, 0.717) is 103 Å². The molecule has 0 aromatic carbocycles. The van der Waals surface area contributed by atoms with E-state index < -0.39 is 84.7 Å². The molecule has 63 heavy (non-hydrogen) atoms. The zero-order chi connectivity index (χ0) is 47.3. The number of carboxylic acids is 1. The van der Waals surface area contributed by atoms with Gasteiger partial charge in [-0.3, -0.25) is 35.4 Å². The van der Waals surface area contributed by atoms with Gasteiger partial charge in [0.25, 0.3) is 0 Å². The second-order valence-electron chi connectivity index (χ2n) is 16.6. The zero-order valence-electron chi connectivity index (χ0n) is 38.1. The fourth-order valence-electron chi connectivity index (χ4n) is 7.10. The summed E-state index contributed by atoms with van der Waals surface area (Å²) in [7, 11) is 0. The molecule has 19 nitrogen and oxygen atoms in total. The first kappa shape index (κ1) is 59.7. The SMILES string of the molecule is NCCCCCC(N)OC(=O)CCCC(OC(=O)CCCCCCCC(C(=O)OC(=O)C(CC(=O)O)C(N)CCCCCN)C(N)CCCCCN)C(=O)OC(N)CCCCCN. The van der Waals surface area contributed by atoms with E-state index in [1.54, 1.807) is 0 Å². The largest absolute Gasteiger partial charge is 0.481 e. The van der Waals surface area contributed by atoms with Crippen molar-refractivity contribution in [2.75, 3.05) is 26.2 Å². The van der Waals surface area contributed by atoms with Crippen LogP contribution in [-0.2, 0) is 47.7 Å². The minimum absolute atomic E-state index is 0.0257. The van der Waals surface area contributed by atoms with E-state index in [1.165, 1.54) is 0 Å². The molecule has 0 radical (unpaired) electrons. The molecule has 0 spiro atoms. The molecule has 368 valence electrons. The van der Waals surface area contributed by atoms with Gasteiger partial charge in [-0.25, -0.2) is 4.79 Å². The van der Waals surface area contributed by atoms with Gasteiger partial charge >= 0.3 is 35.8 Å². The van der Waals surface area contributed by atoms with E-state index in [9.17, 15) is 33.9 Å². The highest BCUT2D eigenvalue weighted by Crippen LogP contribution is 2.23. The molecule has 0 amide bonds. The highest BCUT2D eigenvalue weighted by atomic mass is 16.6. The summed E-state index contributed by atoms with van der Waals surface area (Å²) >= 11 is 0. The number of carboxylic acid groups (broad SMARTS) is 1. The smallest absolute Gasteiger partial charge is 0.349 e. The number of nitrogens with two attached hydrogens (primary N) is 8. The fraction of sp³-hybridized carbons (Fsp3) is 0.864. The Labute approximate surface area is 375 Å². The van der Waals surface area contributed by atoms with E-state index in [0.717, 1.165) is 64.2 Å². The molecule has 0 aliphatic rings. The molecule has 0 fully saturated rings. The molecule has 7 unspecified atom stereocenters. The van der Waals surface area contributed by atoms with Crippen LogP contribution >= 0.6 is 0 Å². The molecule has 7 atom stereocenters. The summed E-state index contributed by atoms with van der Waals surface area (Å²) in [5.74, 6) is -6.88. The van der Waals surface area contributed by atoms with Gasteiger partial charge in [-0.2, -0.15) is 0 Å². The number of aliphatic carboxylic acids is 1.